The van der Waals surface area contributed by atoms with E-state index in [-0.39, 0.29) is 106 Å². The van der Waals surface area contributed by atoms with Gasteiger partial charge in [-0.2, -0.15) is 13.8 Å². The van der Waals surface area contributed by atoms with Gasteiger partial charge in [0.15, 0.2) is 0 Å². The summed E-state index contributed by atoms with van der Waals surface area (Å²) in [5, 5.41) is 0. The summed E-state index contributed by atoms with van der Waals surface area (Å²) in [4.78, 5) is 0. The molecular formula is C5H13Y3. The van der Waals surface area contributed by atoms with Gasteiger partial charge >= 0.3 is 32.7 Å². The second kappa shape index (κ2) is 81.5. The van der Waals surface area contributed by atoms with Crippen molar-refractivity contribution in [3.63, 3.8) is 0 Å². The zero-order valence-electron chi connectivity index (χ0n) is 6.15. The van der Waals surface area contributed by atoms with Crippen molar-refractivity contribution in [1.29, 1.82) is 0 Å². The molecule has 0 fully saturated rings. The van der Waals surface area contributed by atoms with Gasteiger partial charge in [0.25, 0.3) is 0 Å². The first-order valence-corrected chi connectivity index (χ1v) is 1.41. The summed E-state index contributed by atoms with van der Waals surface area (Å²) in [6.45, 7) is 10.0. The fourth-order valence-corrected chi connectivity index (χ4v) is 0. The Hall–Kier alpha value is 3.31. The van der Waals surface area contributed by atoms with Crippen LogP contribution >= 0.6 is 0 Å². The maximum atomic E-state index is 3.25. The average Bonchev–Trinajstić information content (AvgIpc) is 1.50. The van der Waals surface area contributed by atoms with Gasteiger partial charge in [0.2, 0.25) is 0 Å². The predicted octanol–water partition coefficient (Wildman–Crippen LogP) is 2.12. The Labute approximate surface area is 130 Å². The van der Waals surface area contributed by atoms with Gasteiger partial charge < -0.3 is 21.3 Å². The standard InChI is InChI=1S/2C2H5.CH3.3Y/c2*1-2;;;;/h2*1H2,2H3;1H3;;;/q3*-1;;;+3. The molecule has 42 valence electrons. The van der Waals surface area contributed by atoms with Gasteiger partial charge in [-0.05, 0) is 0 Å². The van der Waals surface area contributed by atoms with Crippen LogP contribution in [0.1, 0.15) is 13.8 Å². The minimum Gasteiger partial charge on any atom is -0.358 e. The molecule has 0 unspecified atom stereocenters. The van der Waals surface area contributed by atoms with Gasteiger partial charge in [-0.15, -0.1) is 0 Å². The summed E-state index contributed by atoms with van der Waals surface area (Å²) < 4.78 is 0. The normalized spacial score (nSPS) is 1.50. The van der Waals surface area contributed by atoms with Crippen molar-refractivity contribution >= 4 is 0 Å². The monoisotopic (exact) mass is 340 g/mol. The minimum atomic E-state index is 0. The van der Waals surface area contributed by atoms with Gasteiger partial charge in [-0.25, -0.2) is 0 Å². The van der Waals surface area contributed by atoms with Gasteiger partial charge in [0.1, 0.15) is 0 Å². The molecule has 0 saturated carbocycles. The molecule has 3 heteroatoms. The molecule has 0 heterocycles. The van der Waals surface area contributed by atoms with Gasteiger partial charge in [0.05, 0.1) is 0 Å². The molecule has 8 heavy (non-hydrogen) atoms. The van der Waals surface area contributed by atoms with Crippen molar-refractivity contribution < 1.29 is 98.1 Å². The van der Waals surface area contributed by atoms with E-state index in [1.54, 1.807) is 13.8 Å². The largest absolute Gasteiger partial charge is 3.00 e. The van der Waals surface area contributed by atoms with Crippen LogP contribution in [-0.2, 0) is 98.1 Å². The van der Waals surface area contributed by atoms with Crippen LogP contribution in [0, 0.1) is 21.3 Å². The maximum Gasteiger partial charge on any atom is 3.00 e. The molecule has 0 aliphatic heterocycles. The van der Waals surface area contributed by atoms with E-state index in [9.17, 15) is 0 Å². The van der Waals surface area contributed by atoms with Crippen LogP contribution in [-0.4, -0.2) is 0 Å². The van der Waals surface area contributed by atoms with Crippen molar-refractivity contribution in [3.8, 4) is 0 Å². The second-order valence-corrected chi connectivity index (χ2v) is 0. The molecule has 2 radical (unpaired) electrons. The van der Waals surface area contributed by atoms with E-state index in [2.05, 4.69) is 13.8 Å². The van der Waals surface area contributed by atoms with Crippen molar-refractivity contribution in [2.45, 2.75) is 13.8 Å². The fraction of sp³-hybridized carbons (Fsp3) is 0.400. The molecule has 0 nitrogen and oxygen atoms in total. The molecule has 0 bridgehead atoms. The Bertz CT molecular complexity index is 7.64. The van der Waals surface area contributed by atoms with E-state index >= 15 is 0 Å². The first kappa shape index (κ1) is 42.6. The van der Waals surface area contributed by atoms with Crippen molar-refractivity contribution in [2.75, 3.05) is 0 Å². The van der Waals surface area contributed by atoms with Gasteiger partial charge in [-0.3, -0.25) is 0 Å². The Morgan fingerprint density at radius 3 is 0.750 bits per heavy atom. The number of hydrogen-bond acceptors (Lipinski definition) is 0. The Morgan fingerprint density at radius 1 is 0.750 bits per heavy atom. The molecule has 0 aliphatic carbocycles. The van der Waals surface area contributed by atoms with Crippen molar-refractivity contribution in [3.05, 3.63) is 21.3 Å². The third-order valence-corrected chi connectivity index (χ3v) is 0. The second-order valence-electron chi connectivity index (χ2n) is 0. The fourth-order valence-electron chi connectivity index (χ4n) is 0. The molecule has 0 aliphatic rings. The summed E-state index contributed by atoms with van der Waals surface area (Å²) in [6, 6.07) is 0. The van der Waals surface area contributed by atoms with Crippen LogP contribution in [0.3, 0.4) is 0 Å². The SMILES string of the molecule is [CH2-]C.[CH2-]C.[CH3-].[Y+3].[Y].[Y]. The Balaban J connectivity index is -0.00000000167. The van der Waals surface area contributed by atoms with Crippen LogP contribution < -0.4 is 0 Å². The van der Waals surface area contributed by atoms with E-state index < -0.39 is 0 Å². The van der Waals surface area contributed by atoms with Crippen LogP contribution in [0.25, 0.3) is 0 Å². The molecule has 0 aromatic carbocycles. The predicted molar refractivity (Wildman–Crippen MR) is 28.5 cm³/mol. The molecule has 0 rings (SSSR count). The quantitative estimate of drug-likeness (QED) is 0.593. The zero-order chi connectivity index (χ0) is 4.00. The molecule has 0 atom stereocenters. The molecule has 0 spiro atoms. The molecule has 0 amide bonds. The molecular weight excluding hydrogens is 327 g/mol. The average molecular weight is 340 g/mol. The maximum absolute atomic E-state index is 3.25. The van der Waals surface area contributed by atoms with Crippen LogP contribution in [0.5, 0.6) is 0 Å². The first-order chi connectivity index (χ1) is 2.00. The van der Waals surface area contributed by atoms with Crippen molar-refractivity contribution in [1.82, 2.24) is 0 Å². The number of hydrogen-bond donors (Lipinski definition) is 0. The topological polar surface area (TPSA) is 0 Å². The summed E-state index contributed by atoms with van der Waals surface area (Å²) in [5.41, 5.74) is 0. The van der Waals surface area contributed by atoms with Gasteiger partial charge in [0, 0.05) is 65.4 Å². The molecule has 0 aromatic rings. The Morgan fingerprint density at radius 2 is 0.750 bits per heavy atom. The van der Waals surface area contributed by atoms with Crippen LogP contribution in [0.4, 0.5) is 0 Å². The van der Waals surface area contributed by atoms with Gasteiger partial charge in [-0.1, -0.05) is 0 Å². The minimum absolute atomic E-state index is 0. The Kier molecular flexibility index (Phi) is 434. The summed E-state index contributed by atoms with van der Waals surface area (Å²) in [5.74, 6) is 0. The third-order valence-electron chi connectivity index (χ3n) is 0. The van der Waals surface area contributed by atoms with Crippen LogP contribution in [0.2, 0.25) is 0 Å². The first-order valence-electron chi connectivity index (χ1n) is 1.41. The zero-order valence-corrected chi connectivity index (χ0v) is 14.7. The van der Waals surface area contributed by atoms with Crippen molar-refractivity contribution in [2.24, 2.45) is 0 Å². The van der Waals surface area contributed by atoms with E-state index in [1.165, 1.54) is 0 Å². The smallest absolute Gasteiger partial charge is 0.358 e. The van der Waals surface area contributed by atoms with E-state index in [0.29, 0.717) is 0 Å². The van der Waals surface area contributed by atoms with E-state index in [4.69, 9.17) is 0 Å². The summed E-state index contributed by atoms with van der Waals surface area (Å²) in [6.07, 6.45) is 0. The molecule has 0 N–H and O–H groups in total. The third kappa shape index (κ3) is 58.7. The molecule has 0 saturated heterocycles. The summed E-state index contributed by atoms with van der Waals surface area (Å²) >= 11 is 0. The van der Waals surface area contributed by atoms with E-state index in [0.717, 1.165) is 0 Å². The summed E-state index contributed by atoms with van der Waals surface area (Å²) in [7, 11) is 0. The van der Waals surface area contributed by atoms with E-state index in [1.807, 2.05) is 0 Å². The molecule has 0 aromatic heterocycles. The van der Waals surface area contributed by atoms with Crippen LogP contribution in [0.15, 0.2) is 0 Å². The number of rotatable bonds is 0.